The Bertz CT molecular complexity index is 863. The minimum Gasteiger partial charge on any atom is -0.489 e. The van der Waals surface area contributed by atoms with Crippen molar-refractivity contribution in [2.45, 2.75) is 24.8 Å². The molecule has 26 heavy (non-hydrogen) atoms. The molecule has 0 saturated carbocycles. The fraction of sp³-hybridized carbons (Fsp3) is 0.278. The van der Waals surface area contributed by atoms with Crippen LogP contribution in [-0.2, 0) is 14.9 Å². The SMILES string of the molecule is CON(C)S(=O)(=O)c1ccc(C(=O)Nc2ccccc2OC(C)C)cc1. The van der Waals surface area contributed by atoms with Crippen LogP contribution < -0.4 is 10.1 Å². The lowest BCUT2D eigenvalue weighted by Gasteiger charge is -2.15. The van der Waals surface area contributed by atoms with E-state index in [0.717, 1.165) is 4.47 Å². The van der Waals surface area contributed by atoms with Gasteiger partial charge in [-0.05, 0) is 50.2 Å². The molecule has 2 rings (SSSR count). The van der Waals surface area contributed by atoms with Crippen molar-refractivity contribution in [2.75, 3.05) is 19.5 Å². The third-order valence-corrected chi connectivity index (χ3v) is 5.20. The van der Waals surface area contributed by atoms with Gasteiger partial charge in [-0.1, -0.05) is 16.6 Å². The predicted octanol–water partition coefficient (Wildman–Crippen LogP) is 2.91. The Kier molecular flexibility index (Phi) is 6.36. The number of carbonyl (C=O) groups is 1. The van der Waals surface area contributed by atoms with Gasteiger partial charge in [-0.15, -0.1) is 0 Å². The molecule has 2 aromatic rings. The van der Waals surface area contributed by atoms with E-state index in [2.05, 4.69) is 5.32 Å². The van der Waals surface area contributed by atoms with E-state index in [4.69, 9.17) is 9.57 Å². The normalized spacial score (nSPS) is 11.6. The molecule has 0 atom stereocenters. The molecular weight excluding hydrogens is 356 g/mol. The Morgan fingerprint density at radius 3 is 2.27 bits per heavy atom. The molecule has 0 radical (unpaired) electrons. The number of carbonyl (C=O) groups excluding carboxylic acids is 1. The average molecular weight is 378 g/mol. The van der Waals surface area contributed by atoms with Gasteiger partial charge in [0.2, 0.25) is 0 Å². The van der Waals surface area contributed by atoms with Gasteiger partial charge < -0.3 is 10.1 Å². The number of benzene rings is 2. The van der Waals surface area contributed by atoms with Crippen molar-refractivity contribution in [3.63, 3.8) is 0 Å². The van der Waals surface area contributed by atoms with Crippen LogP contribution in [0.5, 0.6) is 5.75 Å². The fourth-order valence-corrected chi connectivity index (χ4v) is 3.12. The summed E-state index contributed by atoms with van der Waals surface area (Å²) in [6.45, 7) is 3.80. The maximum atomic E-state index is 12.5. The van der Waals surface area contributed by atoms with Crippen molar-refractivity contribution < 1.29 is 22.8 Å². The molecular formula is C18H22N2O5S. The number of anilines is 1. The molecule has 1 N–H and O–H groups in total. The second-order valence-electron chi connectivity index (χ2n) is 5.74. The highest BCUT2D eigenvalue weighted by molar-refractivity contribution is 7.89. The van der Waals surface area contributed by atoms with E-state index in [1.165, 1.54) is 38.4 Å². The highest BCUT2D eigenvalue weighted by Crippen LogP contribution is 2.25. The first-order chi connectivity index (χ1) is 12.3. The molecule has 0 heterocycles. The van der Waals surface area contributed by atoms with Crippen LogP contribution in [0, 0.1) is 0 Å². The van der Waals surface area contributed by atoms with E-state index in [1.54, 1.807) is 18.2 Å². The van der Waals surface area contributed by atoms with Gasteiger partial charge in [0.25, 0.3) is 15.9 Å². The summed E-state index contributed by atoms with van der Waals surface area (Å²) in [4.78, 5) is 17.2. The molecule has 0 aliphatic carbocycles. The summed E-state index contributed by atoms with van der Waals surface area (Å²) < 4.78 is 30.8. The topological polar surface area (TPSA) is 84.9 Å². The van der Waals surface area contributed by atoms with Gasteiger partial charge >= 0.3 is 0 Å². The number of para-hydroxylation sites is 2. The average Bonchev–Trinajstić information content (AvgIpc) is 2.62. The maximum Gasteiger partial charge on any atom is 0.264 e. The lowest BCUT2D eigenvalue weighted by atomic mass is 10.2. The largest absolute Gasteiger partial charge is 0.489 e. The molecule has 2 aromatic carbocycles. The minimum atomic E-state index is -3.75. The summed E-state index contributed by atoms with van der Waals surface area (Å²) in [5.74, 6) is 0.200. The molecule has 0 bridgehead atoms. The van der Waals surface area contributed by atoms with Crippen molar-refractivity contribution in [3.05, 3.63) is 54.1 Å². The van der Waals surface area contributed by atoms with Crippen LogP contribution in [0.3, 0.4) is 0 Å². The third kappa shape index (κ3) is 4.60. The van der Waals surface area contributed by atoms with Crippen LogP contribution in [0.2, 0.25) is 0 Å². The monoisotopic (exact) mass is 378 g/mol. The van der Waals surface area contributed by atoms with Gasteiger partial charge in [-0.25, -0.2) is 8.42 Å². The summed E-state index contributed by atoms with van der Waals surface area (Å²) in [5, 5.41) is 2.78. The number of hydrogen-bond donors (Lipinski definition) is 1. The molecule has 0 fully saturated rings. The van der Waals surface area contributed by atoms with Crippen LogP contribution in [0.15, 0.2) is 53.4 Å². The first-order valence-corrected chi connectivity index (χ1v) is 9.40. The predicted molar refractivity (Wildman–Crippen MR) is 98.6 cm³/mol. The molecule has 0 spiro atoms. The Morgan fingerprint density at radius 1 is 1.08 bits per heavy atom. The van der Waals surface area contributed by atoms with E-state index in [1.807, 2.05) is 19.9 Å². The van der Waals surface area contributed by atoms with Gasteiger partial charge in [-0.2, -0.15) is 0 Å². The Morgan fingerprint density at radius 2 is 1.69 bits per heavy atom. The highest BCUT2D eigenvalue weighted by atomic mass is 32.2. The van der Waals surface area contributed by atoms with Gasteiger partial charge in [-0.3, -0.25) is 9.63 Å². The van der Waals surface area contributed by atoms with Crippen molar-refractivity contribution in [1.29, 1.82) is 0 Å². The molecule has 1 amide bonds. The Labute approximate surface area is 153 Å². The number of amides is 1. The smallest absolute Gasteiger partial charge is 0.264 e. The van der Waals surface area contributed by atoms with Crippen LogP contribution in [0.25, 0.3) is 0 Å². The molecule has 0 aromatic heterocycles. The van der Waals surface area contributed by atoms with E-state index in [0.29, 0.717) is 17.0 Å². The molecule has 7 nitrogen and oxygen atoms in total. The Hall–Kier alpha value is -2.42. The third-order valence-electron chi connectivity index (χ3n) is 3.51. The van der Waals surface area contributed by atoms with Crippen LogP contribution in [0.4, 0.5) is 5.69 Å². The van der Waals surface area contributed by atoms with Crippen molar-refractivity contribution >= 4 is 21.6 Å². The second-order valence-corrected chi connectivity index (χ2v) is 7.67. The van der Waals surface area contributed by atoms with Crippen molar-refractivity contribution in [2.24, 2.45) is 0 Å². The van der Waals surface area contributed by atoms with Crippen molar-refractivity contribution in [3.8, 4) is 5.75 Å². The number of nitrogens with zero attached hydrogens (tertiary/aromatic N) is 1. The highest BCUT2D eigenvalue weighted by Gasteiger charge is 2.21. The number of rotatable bonds is 7. The number of nitrogens with one attached hydrogen (secondary N) is 1. The minimum absolute atomic E-state index is 0.0296. The standard InChI is InChI=1S/C18H22N2O5S/c1-13(2)25-17-8-6-5-7-16(17)19-18(21)14-9-11-15(12-10-14)26(22,23)20(3)24-4/h5-13H,1-4H3,(H,19,21). The number of sulfonamides is 1. The maximum absolute atomic E-state index is 12.5. The van der Waals surface area contributed by atoms with Gasteiger partial charge in [0.1, 0.15) is 5.75 Å². The fourth-order valence-electron chi connectivity index (χ4n) is 2.15. The second kappa shape index (κ2) is 8.31. The number of hydroxylamine groups is 1. The first kappa shape index (κ1) is 19.9. The van der Waals surface area contributed by atoms with Crippen LogP contribution >= 0.6 is 0 Å². The molecule has 0 aliphatic rings. The molecule has 8 heteroatoms. The molecule has 0 aliphatic heterocycles. The molecule has 0 saturated heterocycles. The quantitative estimate of drug-likeness (QED) is 0.749. The van der Waals surface area contributed by atoms with E-state index in [9.17, 15) is 13.2 Å². The first-order valence-electron chi connectivity index (χ1n) is 7.96. The van der Waals surface area contributed by atoms with Crippen molar-refractivity contribution in [1.82, 2.24) is 4.47 Å². The summed E-state index contributed by atoms with van der Waals surface area (Å²) >= 11 is 0. The molecule has 140 valence electrons. The number of ether oxygens (including phenoxy) is 1. The number of hydrogen-bond acceptors (Lipinski definition) is 5. The zero-order valence-electron chi connectivity index (χ0n) is 15.1. The van der Waals surface area contributed by atoms with Gasteiger partial charge in [0.15, 0.2) is 0 Å². The zero-order valence-corrected chi connectivity index (χ0v) is 15.9. The summed E-state index contributed by atoms with van der Waals surface area (Å²) in [5.41, 5.74) is 0.866. The lowest BCUT2D eigenvalue weighted by molar-refractivity contribution is -0.0258. The Balaban J connectivity index is 2.19. The van der Waals surface area contributed by atoms with E-state index in [-0.39, 0.29) is 16.9 Å². The summed E-state index contributed by atoms with van der Waals surface area (Å²) in [6, 6.07) is 12.7. The summed E-state index contributed by atoms with van der Waals surface area (Å²) in [7, 11) is -1.20. The summed E-state index contributed by atoms with van der Waals surface area (Å²) in [6.07, 6.45) is -0.0321. The van der Waals surface area contributed by atoms with Gasteiger partial charge in [0.05, 0.1) is 23.8 Å². The van der Waals surface area contributed by atoms with E-state index >= 15 is 0 Å². The van der Waals surface area contributed by atoms with Crippen LogP contribution in [0.1, 0.15) is 24.2 Å². The molecule has 0 unspecified atom stereocenters. The lowest BCUT2D eigenvalue weighted by Crippen LogP contribution is -2.25. The van der Waals surface area contributed by atoms with Crippen LogP contribution in [-0.4, -0.2) is 39.1 Å². The zero-order chi connectivity index (χ0) is 19.3. The van der Waals surface area contributed by atoms with Gasteiger partial charge in [0, 0.05) is 12.6 Å². The van der Waals surface area contributed by atoms with E-state index < -0.39 is 10.0 Å².